The van der Waals surface area contributed by atoms with Gasteiger partial charge in [-0.25, -0.2) is 0 Å². The zero-order valence-corrected chi connectivity index (χ0v) is 22.9. The predicted octanol–water partition coefficient (Wildman–Crippen LogP) is 8.84. The van der Waals surface area contributed by atoms with Gasteiger partial charge in [0.2, 0.25) is 0 Å². The largest absolute Gasteiger partial charge is 0.466 e. The van der Waals surface area contributed by atoms with Crippen LogP contribution < -0.4 is 0 Å². The van der Waals surface area contributed by atoms with E-state index in [0.29, 0.717) is 26.1 Å². The van der Waals surface area contributed by atoms with E-state index in [1.54, 1.807) is 0 Å². The molecule has 1 N–H and O–H groups in total. The number of unbranched alkanes of at least 4 members (excludes halogenated alkanes) is 17. The van der Waals surface area contributed by atoms with E-state index in [9.17, 15) is 9.59 Å². The number of rotatable bonds is 25. The molecule has 0 fully saturated rings. The molecule has 35 heavy (non-hydrogen) atoms. The molecule has 0 aliphatic carbocycles. The van der Waals surface area contributed by atoms with Crippen LogP contribution in [-0.4, -0.2) is 30.4 Å². The highest BCUT2D eigenvalue weighted by atomic mass is 16.6. The first-order valence-corrected chi connectivity index (χ1v) is 14.4. The Bertz CT molecular complexity index is 421. The molecular formula is C28H55NO6. The van der Waals surface area contributed by atoms with E-state index in [1.807, 2.05) is 0 Å². The summed E-state index contributed by atoms with van der Waals surface area (Å²) in [6.07, 6.45) is 24.7. The molecule has 208 valence electrons. The van der Waals surface area contributed by atoms with Crippen LogP contribution in [0.2, 0.25) is 0 Å². The molecule has 0 amide bonds. The highest BCUT2D eigenvalue weighted by molar-refractivity contribution is 5.69. The van der Waals surface area contributed by atoms with Crippen molar-refractivity contribution in [2.24, 2.45) is 5.34 Å². The van der Waals surface area contributed by atoms with Crippen molar-refractivity contribution in [3.63, 3.8) is 0 Å². The second-order valence-corrected chi connectivity index (χ2v) is 9.39. The summed E-state index contributed by atoms with van der Waals surface area (Å²) in [6.45, 7) is 5.64. The molecule has 0 unspecified atom stereocenters. The third-order valence-corrected chi connectivity index (χ3v) is 6.03. The monoisotopic (exact) mass is 501 g/mol. The first kappa shape index (κ1) is 35.5. The Hall–Kier alpha value is -1.66. The average molecular weight is 502 g/mol. The molecule has 0 radical (unpaired) electrons. The molecule has 0 saturated carbocycles. The quantitative estimate of drug-likeness (QED) is 0.0580. The Balaban J connectivity index is 0. The standard InChI is InChI=1S/C28H54O4.HNO2/c1-3-5-7-9-17-21-25-31-27(29)23-19-15-13-11-12-14-16-20-24-28(30)32-26-22-18-10-8-6-4-2;2-1-3/h3-26H2,1-2H3;(H,2,3). The molecule has 7 heteroatoms. The van der Waals surface area contributed by atoms with Gasteiger partial charge in [0.15, 0.2) is 5.34 Å². The molecule has 0 heterocycles. The highest BCUT2D eigenvalue weighted by Gasteiger charge is 2.04. The van der Waals surface area contributed by atoms with Crippen LogP contribution in [-0.2, 0) is 19.1 Å². The smallest absolute Gasteiger partial charge is 0.305 e. The van der Waals surface area contributed by atoms with Crippen molar-refractivity contribution in [3.05, 3.63) is 4.91 Å². The molecule has 0 atom stereocenters. The lowest BCUT2D eigenvalue weighted by molar-refractivity contribution is -0.144. The van der Waals surface area contributed by atoms with Gasteiger partial charge in [0.1, 0.15) is 0 Å². The van der Waals surface area contributed by atoms with E-state index in [4.69, 9.17) is 19.6 Å². The molecule has 0 rings (SSSR count). The molecule has 0 aromatic carbocycles. The van der Waals surface area contributed by atoms with E-state index >= 15 is 0 Å². The van der Waals surface area contributed by atoms with Crippen LogP contribution in [0.25, 0.3) is 0 Å². The Morgan fingerprint density at radius 3 is 1.09 bits per heavy atom. The zero-order chi connectivity index (χ0) is 26.2. The lowest BCUT2D eigenvalue weighted by Crippen LogP contribution is -2.05. The molecule has 7 nitrogen and oxygen atoms in total. The predicted molar refractivity (Wildman–Crippen MR) is 142 cm³/mol. The third kappa shape index (κ3) is 34.6. The lowest BCUT2D eigenvalue weighted by Gasteiger charge is -2.06. The Labute approximate surface area is 215 Å². The van der Waals surface area contributed by atoms with Crippen molar-refractivity contribution < 1.29 is 24.3 Å². The number of carbonyl (C=O) groups excluding carboxylic acids is 2. The number of ether oxygens (including phenoxy) is 2. The van der Waals surface area contributed by atoms with Crippen molar-refractivity contribution in [2.75, 3.05) is 13.2 Å². The molecule has 0 aromatic rings. The van der Waals surface area contributed by atoms with E-state index in [0.717, 1.165) is 38.5 Å². The fraction of sp³-hybridized carbons (Fsp3) is 0.929. The zero-order valence-electron chi connectivity index (χ0n) is 22.9. The van der Waals surface area contributed by atoms with Crippen LogP contribution in [0.15, 0.2) is 5.34 Å². The maximum absolute atomic E-state index is 11.7. The Kier molecular flexibility index (Phi) is 32.8. The fourth-order valence-electron chi connectivity index (χ4n) is 3.88. The van der Waals surface area contributed by atoms with Gasteiger partial charge in [-0.2, -0.15) is 0 Å². The van der Waals surface area contributed by atoms with Crippen LogP contribution >= 0.6 is 0 Å². The van der Waals surface area contributed by atoms with Crippen molar-refractivity contribution in [1.82, 2.24) is 0 Å². The normalized spacial score (nSPS) is 10.3. The number of nitrogens with zero attached hydrogens (tertiary/aromatic N) is 1. The van der Waals surface area contributed by atoms with Crippen LogP contribution in [0, 0.1) is 4.91 Å². The maximum atomic E-state index is 11.7. The maximum Gasteiger partial charge on any atom is 0.305 e. The van der Waals surface area contributed by atoms with Crippen LogP contribution in [0.4, 0.5) is 0 Å². The molecule has 0 aromatic heterocycles. The summed E-state index contributed by atoms with van der Waals surface area (Å²) in [7, 11) is 0. The summed E-state index contributed by atoms with van der Waals surface area (Å²) in [4.78, 5) is 31.5. The van der Waals surface area contributed by atoms with E-state index in [-0.39, 0.29) is 11.9 Å². The van der Waals surface area contributed by atoms with Gasteiger partial charge < -0.3 is 14.7 Å². The van der Waals surface area contributed by atoms with Crippen LogP contribution in [0.5, 0.6) is 0 Å². The van der Waals surface area contributed by atoms with Gasteiger partial charge in [0.25, 0.3) is 0 Å². The second-order valence-electron chi connectivity index (χ2n) is 9.39. The topological polar surface area (TPSA) is 102 Å². The Morgan fingerprint density at radius 1 is 0.514 bits per heavy atom. The summed E-state index contributed by atoms with van der Waals surface area (Å²) >= 11 is 0. The summed E-state index contributed by atoms with van der Waals surface area (Å²) in [5, 5.41) is 7.89. The fourth-order valence-corrected chi connectivity index (χ4v) is 3.88. The second kappa shape index (κ2) is 32.3. The first-order chi connectivity index (χ1) is 17.1. The Morgan fingerprint density at radius 2 is 0.771 bits per heavy atom. The highest BCUT2D eigenvalue weighted by Crippen LogP contribution is 2.12. The molecule has 0 spiro atoms. The van der Waals surface area contributed by atoms with E-state index < -0.39 is 0 Å². The number of hydrogen-bond donors (Lipinski definition) is 1. The molecule has 0 aliphatic rings. The van der Waals surface area contributed by atoms with Gasteiger partial charge in [0, 0.05) is 12.8 Å². The minimum atomic E-state index is -0.0260. The van der Waals surface area contributed by atoms with Crippen molar-refractivity contribution >= 4 is 11.9 Å². The summed E-state index contributed by atoms with van der Waals surface area (Å²) in [5.41, 5.74) is 0. The first-order valence-electron chi connectivity index (χ1n) is 14.4. The van der Waals surface area contributed by atoms with Crippen molar-refractivity contribution in [2.45, 2.75) is 155 Å². The molecule has 0 aliphatic heterocycles. The number of esters is 2. The average Bonchev–Trinajstić information content (AvgIpc) is 2.84. The van der Waals surface area contributed by atoms with Crippen LogP contribution in [0.3, 0.4) is 0 Å². The van der Waals surface area contributed by atoms with Gasteiger partial charge in [0.05, 0.1) is 13.2 Å². The summed E-state index contributed by atoms with van der Waals surface area (Å²) in [5.74, 6) is -0.0520. The minimum Gasteiger partial charge on any atom is -0.466 e. The van der Waals surface area contributed by atoms with Gasteiger partial charge in [-0.3, -0.25) is 9.59 Å². The van der Waals surface area contributed by atoms with Crippen molar-refractivity contribution in [1.29, 1.82) is 0 Å². The van der Waals surface area contributed by atoms with E-state index in [2.05, 4.69) is 13.8 Å². The molecule has 0 saturated heterocycles. The molecule has 0 bridgehead atoms. The van der Waals surface area contributed by atoms with Gasteiger partial charge in [-0.15, -0.1) is 4.91 Å². The van der Waals surface area contributed by atoms with Gasteiger partial charge in [-0.05, 0) is 25.7 Å². The van der Waals surface area contributed by atoms with Crippen LogP contribution in [0.1, 0.15) is 155 Å². The SMILES string of the molecule is CCCCCCCCOC(=O)CCCCCCCCCCC(=O)OCCCCCCCC.O=NO. The van der Waals surface area contributed by atoms with Gasteiger partial charge in [-0.1, -0.05) is 117 Å². The lowest BCUT2D eigenvalue weighted by atomic mass is 10.1. The molecular weight excluding hydrogens is 446 g/mol. The van der Waals surface area contributed by atoms with Crippen molar-refractivity contribution in [3.8, 4) is 0 Å². The summed E-state index contributed by atoms with van der Waals surface area (Å²) < 4.78 is 10.6. The number of hydrogen-bond acceptors (Lipinski definition) is 6. The van der Waals surface area contributed by atoms with E-state index in [1.165, 1.54) is 95.2 Å². The third-order valence-electron chi connectivity index (χ3n) is 6.03. The summed E-state index contributed by atoms with van der Waals surface area (Å²) in [6, 6.07) is 0. The van der Waals surface area contributed by atoms with Gasteiger partial charge >= 0.3 is 11.9 Å². The minimum absolute atomic E-state index is 0.0260. The number of carbonyl (C=O) groups is 2.